The highest BCUT2D eigenvalue weighted by molar-refractivity contribution is 5.87. The Labute approximate surface area is 107 Å². The van der Waals surface area contributed by atoms with Crippen LogP contribution in [0.4, 0.5) is 0 Å². The lowest BCUT2D eigenvalue weighted by atomic mass is 9.94. The number of carboxylic acid groups (broad SMARTS) is 1. The van der Waals surface area contributed by atoms with Crippen LogP contribution in [-0.2, 0) is 9.59 Å². The molecule has 0 aromatic heterocycles. The molecule has 0 aliphatic carbocycles. The zero-order valence-corrected chi connectivity index (χ0v) is 10.8. The standard InChI is InChI=1S/C14H19NO3/c1-3-8-15-14(18)12(9-13(16)17)11-6-4-10(2)5-7-11/h4-7,12H,3,8-9H2,1-2H3,(H,15,18)(H,16,17). The van der Waals surface area contributed by atoms with E-state index in [0.29, 0.717) is 6.54 Å². The Morgan fingerprint density at radius 3 is 2.39 bits per heavy atom. The van der Waals surface area contributed by atoms with Crippen molar-refractivity contribution in [3.05, 3.63) is 35.4 Å². The maximum atomic E-state index is 11.9. The number of carbonyl (C=O) groups excluding carboxylic acids is 1. The Bertz CT molecular complexity index is 412. The maximum Gasteiger partial charge on any atom is 0.304 e. The lowest BCUT2D eigenvalue weighted by molar-refractivity contribution is -0.139. The highest BCUT2D eigenvalue weighted by Gasteiger charge is 2.23. The van der Waals surface area contributed by atoms with Crippen LogP contribution in [-0.4, -0.2) is 23.5 Å². The van der Waals surface area contributed by atoms with Gasteiger partial charge in [0, 0.05) is 6.54 Å². The van der Waals surface area contributed by atoms with Gasteiger partial charge in [-0.2, -0.15) is 0 Å². The van der Waals surface area contributed by atoms with Crippen LogP contribution in [0.1, 0.15) is 36.8 Å². The first-order valence-corrected chi connectivity index (χ1v) is 6.10. The summed E-state index contributed by atoms with van der Waals surface area (Å²) in [6, 6.07) is 7.40. The molecule has 0 saturated carbocycles. The number of aliphatic carboxylic acids is 1. The number of hydrogen-bond donors (Lipinski definition) is 2. The normalized spacial score (nSPS) is 11.9. The van der Waals surface area contributed by atoms with Crippen molar-refractivity contribution in [3.63, 3.8) is 0 Å². The smallest absolute Gasteiger partial charge is 0.304 e. The van der Waals surface area contributed by atoms with Gasteiger partial charge in [0.2, 0.25) is 5.91 Å². The average Bonchev–Trinajstić information content (AvgIpc) is 2.34. The minimum absolute atomic E-state index is 0.182. The van der Waals surface area contributed by atoms with Gasteiger partial charge >= 0.3 is 5.97 Å². The van der Waals surface area contributed by atoms with E-state index in [1.54, 1.807) is 0 Å². The summed E-state index contributed by atoms with van der Waals surface area (Å²) in [5.74, 6) is -1.80. The second-order valence-corrected chi connectivity index (χ2v) is 4.35. The summed E-state index contributed by atoms with van der Waals surface area (Å²) >= 11 is 0. The number of carboxylic acids is 1. The van der Waals surface area contributed by atoms with Crippen molar-refractivity contribution in [2.75, 3.05) is 6.54 Å². The molecular weight excluding hydrogens is 230 g/mol. The van der Waals surface area contributed by atoms with Gasteiger partial charge in [-0.05, 0) is 18.9 Å². The van der Waals surface area contributed by atoms with Crippen LogP contribution in [0.3, 0.4) is 0 Å². The van der Waals surface area contributed by atoms with E-state index >= 15 is 0 Å². The first-order chi connectivity index (χ1) is 8.54. The van der Waals surface area contributed by atoms with E-state index in [-0.39, 0.29) is 12.3 Å². The summed E-state index contributed by atoms with van der Waals surface area (Å²) in [5.41, 5.74) is 1.83. The molecule has 18 heavy (non-hydrogen) atoms. The third-order valence-electron chi connectivity index (χ3n) is 2.72. The van der Waals surface area contributed by atoms with E-state index in [2.05, 4.69) is 5.32 Å². The summed E-state index contributed by atoms with van der Waals surface area (Å²) in [6.45, 7) is 4.48. The molecule has 2 N–H and O–H groups in total. The van der Waals surface area contributed by atoms with Crippen molar-refractivity contribution < 1.29 is 14.7 Å². The SMILES string of the molecule is CCCNC(=O)C(CC(=O)O)c1ccc(C)cc1. The fourth-order valence-electron chi connectivity index (χ4n) is 1.71. The number of benzene rings is 1. The number of carbonyl (C=O) groups is 2. The number of nitrogens with one attached hydrogen (secondary N) is 1. The first kappa shape index (κ1) is 14.2. The minimum atomic E-state index is -0.966. The van der Waals surface area contributed by atoms with Crippen molar-refractivity contribution in [2.24, 2.45) is 0 Å². The lowest BCUT2D eigenvalue weighted by Crippen LogP contribution is -2.31. The Morgan fingerprint density at radius 1 is 1.28 bits per heavy atom. The van der Waals surface area contributed by atoms with Crippen LogP contribution in [0, 0.1) is 6.92 Å². The Balaban J connectivity index is 2.86. The van der Waals surface area contributed by atoms with Crippen LogP contribution in [0.2, 0.25) is 0 Å². The Hall–Kier alpha value is -1.84. The molecule has 98 valence electrons. The van der Waals surface area contributed by atoms with Gasteiger partial charge in [-0.1, -0.05) is 36.8 Å². The van der Waals surface area contributed by atoms with Gasteiger partial charge in [0.15, 0.2) is 0 Å². The van der Waals surface area contributed by atoms with Gasteiger partial charge in [0.1, 0.15) is 0 Å². The third-order valence-corrected chi connectivity index (χ3v) is 2.72. The third kappa shape index (κ3) is 4.20. The highest BCUT2D eigenvalue weighted by Crippen LogP contribution is 2.20. The second kappa shape index (κ2) is 6.79. The van der Waals surface area contributed by atoms with E-state index in [9.17, 15) is 9.59 Å². The fourth-order valence-corrected chi connectivity index (χ4v) is 1.71. The van der Waals surface area contributed by atoms with Crippen LogP contribution >= 0.6 is 0 Å². The molecule has 1 amide bonds. The van der Waals surface area contributed by atoms with Crippen molar-refractivity contribution in [1.82, 2.24) is 5.32 Å². The summed E-state index contributed by atoms with van der Waals surface area (Å²) in [7, 11) is 0. The largest absolute Gasteiger partial charge is 0.481 e. The van der Waals surface area contributed by atoms with Crippen molar-refractivity contribution >= 4 is 11.9 Å². The van der Waals surface area contributed by atoms with Gasteiger partial charge < -0.3 is 10.4 Å². The second-order valence-electron chi connectivity index (χ2n) is 4.35. The first-order valence-electron chi connectivity index (χ1n) is 6.10. The van der Waals surface area contributed by atoms with Gasteiger partial charge in [0.05, 0.1) is 12.3 Å². The molecule has 0 heterocycles. The van der Waals surface area contributed by atoms with Crippen molar-refractivity contribution in [1.29, 1.82) is 0 Å². The highest BCUT2D eigenvalue weighted by atomic mass is 16.4. The molecule has 0 fully saturated rings. The van der Waals surface area contributed by atoms with E-state index in [4.69, 9.17) is 5.11 Å². The monoisotopic (exact) mass is 249 g/mol. The average molecular weight is 249 g/mol. The van der Waals surface area contributed by atoms with Crippen LogP contribution in [0.15, 0.2) is 24.3 Å². The summed E-state index contributed by atoms with van der Waals surface area (Å²) in [4.78, 5) is 22.8. The molecule has 0 aliphatic rings. The van der Waals surface area contributed by atoms with E-state index in [1.165, 1.54) is 0 Å². The topological polar surface area (TPSA) is 66.4 Å². The Kier molecular flexibility index (Phi) is 5.36. The molecule has 1 atom stereocenters. The van der Waals surface area contributed by atoms with Crippen molar-refractivity contribution in [2.45, 2.75) is 32.6 Å². The summed E-state index contributed by atoms with van der Waals surface area (Å²) < 4.78 is 0. The van der Waals surface area contributed by atoms with E-state index in [1.807, 2.05) is 38.1 Å². The predicted molar refractivity (Wildman–Crippen MR) is 69.5 cm³/mol. The molecule has 4 nitrogen and oxygen atoms in total. The maximum absolute atomic E-state index is 11.9. The van der Waals surface area contributed by atoms with Gasteiger partial charge in [-0.3, -0.25) is 9.59 Å². The summed E-state index contributed by atoms with van der Waals surface area (Å²) in [5, 5.41) is 11.6. The van der Waals surface area contributed by atoms with Gasteiger partial charge in [-0.25, -0.2) is 0 Å². The van der Waals surface area contributed by atoms with Crippen molar-refractivity contribution in [3.8, 4) is 0 Å². The lowest BCUT2D eigenvalue weighted by Gasteiger charge is -2.15. The number of amides is 1. The molecule has 0 aliphatic heterocycles. The molecule has 4 heteroatoms. The molecule has 0 bridgehead atoms. The zero-order chi connectivity index (χ0) is 13.5. The molecular formula is C14H19NO3. The van der Waals surface area contributed by atoms with Gasteiger partial charge in [0.25, 0.3) is 0 Å². The predicted octanol–water partition coefficient (Wildman–Crippen LogP) is 2.08. The van der Waals surface area contributed by atoms with Crippen LogP contribution in [0.5, 0.6) is 0 Å². The number of rotatable bonds is 6. The summed E-state index contributed by atoms with van der Waals surface area (Å²) in [6.07, 6.45) is 0.651. The fraction of sp³-hybridized carbons (Fsp3) is 0.429. The molecule has 1 unspecified atom stereocenters. The molecule has 1 aromatic rings. The molecule has 0 saturated heterocycles. The number of aryl methyl sites for hydroxylation is 1. The van der Waals surface area contributed by atoms with E-state index in [0.717, 1.165) is 17.5 Å². The minimum Gasteiger partial charge on any atom is -0.481 e. The molecule has 1 rings (SSSR count). The molecule has 0 spiro atoms. The zero-order valence-electron chi connectivity index (χ0n) is 10.8. The number of hydrogen-bond acceptors (Lipinski definition) is 2. The molecule has 1 aromatic carbocycles. The van der Waals surface area contributed by atoms with Gasteiger partial charge in [-0.15, -0.1) is 0 Å². The van der Waals surface area contributed by atoms with Crippen LogP contribution in [0.25, 0.3) is 0 Å². The Morgan fingerprint density at radius 2 is 1.89 bits per heavy atom. The molecule has 0 radical (unpaired) electrons. The quantitative estimate of drug-likeness (QED) is 0.811. The van der Waals surface area contributed by atoms with Crippen LogP contribution < -0.4 is 5.32 Å². The van der Waals surface area contributed by atoms with E-state index < -0.39 is 11.9 Å².